The molecule has 1 aromatic carbocycles. The monoisotopic (exact) mass is 304 g/mol. The summed E-state index contributed by atoms with van der Waals surface area (Å²) < 4.78 is 12.2. The van der Waals surface area contributed by atoms with Crippen LogP contribution in [0.1, 0.15) is 10.4 Å². The fourth-order valence-corrected chi connectivity index (χ4v) is 1.35. The molecular formula is C8H4BBr2FO. The zero-order valence-corrected chi connectivity index (χ0v) is 9.60. The molecule has 0 amide bonds. The van der Waals surface area contributed by atoms with Crippen LogP contribution in [0.25, 0.3) is 0 Å². The quantitative estimate of drug-likeness (QED) is 0.463. The van der Waals surface area contributed by atoms with E-state index in [1.165, 1.54) is 12.1 Å². The Hall–Kier alpha value is -0.155. The van der Waals surface area contributed by atoms with Crippen molar-refractivity contribution < 1.29 is 9.18 Å². The van der Waals surface area contributed by atoms with E-state index < -0.39 is 9.55 Å². The van der Waals surface area contributed by atoms with Crippen LogP contribution in [0.4, 0.5) is 4.39 Å². The van der Waals surface area contributed by atoms with Gasteiger partial charge >= 0.3 is 0 Å². The maximum Gasteiger partial charge on any atom is 0.186 e. The molecule has 0 aromatic heterocycles. The average molecular weight is 306 g/mol. The second-order valence-corrected chi connectivity index (χ2v) is 5.46. The van der Waals surface area contributed by atoms with E-state index in [-0.39, 0.29) is 16.8 Å². The van der Waals surface area contributed by atoms with E-state index in [0.717, 1.165) is 6.07 Å². The molecule has 0 saturated carbocycles. The smallest absolute Gasteiger partial charge is 0.186 e. The fourth-order valence-electron chi connectivity index (χ4n) is 0.859. The Morgan fingerprint density at radius 1 is 1.46 bits per heavy atom. The molecule has 0 aliphatic rings. The normalized spacial score (nSPS) is 10.5. The second kappa shape index (κ2) is 4.37. The Morgan fingerprint density at radius 3 is 2.62 bits per heavy atom. The van der Waals surface area contributed by atoms with Crippen molar-refractivity contribution in [3.05, 3.63) is 29.6 Å². The number of benzene rings is 1. The van der Waals surface area contributed by atoms with Crippen LogP contribution < -0.4 is 5.46 Å². The van der Waals surface area contributed by atoms with Crippen molar-refractivity contribution in [2.24, 2.45) is 0 Å². The minimum Gasteiger partial charge on any atom is -0.292 e. The topological polar surface area (TPSA) is 17.1 Å². The molecule has 0 fully saturated rings. The standard InChI is InChI=1S/C8H4BBr2FO/c9-6-2-1-4(12)3-5(6)7(13)8(10)11/h1-3,8H. The third-order valence-electron chi connectivity index (χ3n) is 1.48. The molecule has 13 heavy (non-hydrogen) atoms. The Morgan fingerprint density at radius 2 is 2.08 bits per heavy atom. The van der Waals surface area contributed by atoms with E-state index in [9.17, 15) is 9.18 Å². The van der Waals surface area contributed by atoms with Gasteiger partial charge in [0.25, 0.3) is 0 Å². The van der Waals surface area contributed by atoms with Crippen LogP contribution >= 0.6 is 31.9 Å². The highest BCUT2D eigenvalue weighted by Gasteiger charge is 2.15. The maximum atomic E-state index is 12.7. The fraction of sp³-hybridized carbons (Fsp3) is 0.125. The number of carbonyl (C=O) groups excluding carboxylic acids is 1. The summed E-state index contributed by atoms with van der Waals surface area (Å²) >= 11 is 6.05. The number of rotatable bonds is 2. The van der Waals surface area contributed by atoms with Crippen LogP contribution in [0.5, 0.6) is 0 Å². The van der Waals surface area contributed by atoms with Gasteiger partial charge in [-0.05, 0) is 12.1 Å². The first kappa shape index (κ1) is 10.9. The first-order chi connectivity index (χ1) is 6.02. The average Bonchev–Trinajstić information content (AvgIpc) is 2.08. The minimum atomic E-state index is -0.538. The number of carbonyl (C=O) groups is 1. The maximum absolute atomic E-state index is 12.7. The van der Waals surface area contributed by atoms with Gasteiger partial charge in [0.2, 0.25) is 0 Å². The van der Waals surface area contributed by atoms with Gasteiger partial charge in [0, 0.05) is 5.56 Å². The lowest BCUT2D eigenvalue weighted by molar-refractivity contribution is 0.101. The molecule has 0 unspecified atom stereocenters. The molecule has 0 spiro atoms. The van der Waals surface area contributed by atoms with Crippen molar-refractivity contribution in [2.75, 3.05) is 0 Å². The van der Waals surface area contributed by atoms with E-state index in [1.54, 1.807) is 0 Å². The van der Waals surface area contributed by atoms with Gasteiger partial charge in [0.05, 0.1) is 0 Å². The summed E-state index contributed by atoms with van der Waals surface area (Å²) in [4.78, 5) is 11.4. The summed E-state index contributed by atoms with van der Waals surface area (Å²) in [7, 11) is 5.50. The third-order valence-corrected chi connectivity index (χ3v) is 2.31. The summed E-state index contributed by atoms with van der Waals surface area (Å²) in [5.74, 6) is -0.768. The number of hydrogen-bond donors (Lipinski definition) is 0. The molecule has 5 heteroatoms. The highest BCUT2D eigenvalue weighted by molar-refractivity contribution is 9.25. The van der Waals surface area contributed by atoms with Gasteiger partial charge in [-0.1, -0.05) is 43.4 Å². The van der Waals surface area contributed by atoms with Gasteiger partial charge in [0.1, 0.15) is 17.4 Å². The third kappa shape index (κ3) is 2.64. The molecule has 0 aliphatic carbocycles. The summed E-state index contributed by atoms with van der Waals surface area (Å²) in [6.07, 6.45) is 0. The van der Waals surface area contributed by atoms with Gasteiger partial charge in [-0.25, -0.2) is 4.39 Å². The molecule has 0 atom stereocenters. The van der Waals surface area contributed by atoms with Crippen LogP contribution in [0.15, 0.2) is 18.2 Å². The Bertz CT molecular complexity index is 341. The molecule has 66 valence electrons. The van der Waals surface area contributed by atoms with Gasteiger partial charge < -0.3 is 0 Å². The Kier molecular flexibility index (Phi) is 3.68. The minimum absolute atomic E-state index is 0.179. The molecule has 1 nitrogen and oxygen atoms in total. The van der Waals surface area contributed by atoms with Crippen molar-refractivity contribution in [3.63, 3.8) is 0 Å². The van der Waals surface area contributed by atoms with Crippen LogP contribution in [0.2, 0.25) is 0 Å². The molecular weight excluding hydrogens is 302 g/mol. The second-order valence-electron chi connectivity index (χ2n) is 2.40. The number of halogens is 3. The first-order valence-electron chi connectivity index (χ1n) is 3.39. The largest absolute Gasteiger partial charge is 0.292 e. The predicted molar refractivity (Wildman–Crippen MR) is 57.8 cm³/mol. The lowest BCUT2D eigenvalue weighted by Gasteiger charge is -2.05. The van der Waals surface area contributed by atoms with Gasteiger partial charge in [-0.3, -0.25) is 4.79 Å². The van der Waals surface area contributed by atoms with Gasteiger partial charge in [-0.2, -0.15) is 0 Å². The molecule has 0 aliphatic heterocycles. The molecule has 0 heterocycles. The lowest BCUT2D eigenvalue weighted by atomic mass is 9.89. The van der Waals surface area contributed by atoms with Crippen molar-refractivity contribution in [2.45, 2.75) is 3.74 Å². The number of ketones is 1. The number of Topliss-reactive ketones (excluding diaryl/α,β-unsaturated/α-hetero) is 1. The Labute approximate surface area is 93.4 Å². The molecule has 0 saturated heterocycles. The van der Waals surface area contributed by atoms with Crippen LogP contribution in [0.3, 0.4) is 0 Å². The predicted octanol–water partition coefficient (Wildman–Crippen LogP) is 1.92. The van der Waals surface area contributed by atoms with E-state index in [0.29, 0.717) is 0 Å². The Balaban J connectivity index is 3.13. The summed E-state index contributed by atoms with van der Waals surface area (Å²) in [6.45, 7) is 0. The lowest BCUT2D eigenvalue weighted by Crippen LogP contribution is -2.19. The summed E-state index contributed by atoms with van der Waals surface area (Å²) in [5, 5.41) is 0. The van der Waals surface area contributed by atoms with E-state index in [1.807, 2.05) is 0 Å². The van der Waals surface area contributed by atoms with Crippen LogP contribution in [-0.2, 0) is 0 Å². The summed E-state index contributed by atoms with van der Waals surface area (Å²) in [5.41, 5.74) is 0.453. The van der Waals surface area contributed by atoms with E-state index in [2.05, 4.69) is 31.9 Å². The van der Waals surface area contributed by atoms with Gasteiger partial charge in [0.15, 0.2) is 5.78 Å². The molecule has 1 aromatic rings. The zero-order chi connectivity index (χ0) is 10.0. The van der Waals surface area contributed by atoms with Crippen molar-refractivity contribution in [3.8, 4) is 0 Å². The van der Waals surface area contributed by atoms with E-state index in [4.69, 9.17) is 7.85 Å². The molecule has 2 radical (unpaired) electrons. The highest BCUT2D eigenvalue weighted by Crippen LogP contribution is 2.14. The number of hydrogen-bond acceptors (Lipinski definition) is 1. The van der Waals surface area contributed by atoms with Crippen molar-refractivity contribution in [1.29, 1.82) is 0 Å². The molecule has 0 N–H and O–H groups in total. The van der Waals surface area contributed by atoms with Crippen LogP contribution in [0, 0.1) is 5.82 Å². The highest BCUT2D eigenvalue weighted by atomic mass is 79.9. The molecule has 0 bridgehead atoms. The number of alkyl halides is 2. The first-order valence-corrected chi connectivity index (χ1v) is 5.23. The van der Waals surface area contributed by atoms with Crippen molar-refractivity contribution >= 4 is 51.0 Å². The van der Waals surface area contributed by atoms with Crippen LogP contribution in [-0.4, -0.2) is 17.4 Å². The van der Waals surface area contributed by atoms with Crippen molar-refractivity contribution in [1.82, 2.24) is 0 Å². The van der Waals surface area contributed by atoms with Gasteiger partial charge in [-0.15, -0.1) is 0 Å². The zero-order valence-electron chi connectivity index (χ0n) is 6.43. The molecule has 1 rings (SSSR count). The summed E-state index contributed by atoms with van der Waals surface area (Å²) in [6, 6.07) is 3.70. The SMILES string of the molecule is [B]c1ccc(F)cc1C(=O)C(Br)Br. The van der Waals surface area contributed by atoms with E-state index >= 15 is 0 Å².